The van der Waals surface area contributed by atoms with Crippen LogP contribution < -0.4 is 10.1 Å². The van der Waals surface area contributed by atoms with Crippen molar-refractivity contribution in [3.05, 3.63) is 54.1 Å². The van der Waals surface area contributed by atoms with Crippen LogP contribution in [0.3, 0.4) is 0 Å². The molecule has 1 N–H and O–H groups in total. The minimum atomic E-state index is -0.00865. The van der Waals surface area contributed by atoms with Crippen LogP contribution in [0.4, 0.5) is 0 Å². The lowest BCUT2D eigenvalue weighted by molar-refractivity contribution is -0.119. The molecule has 7 heteroatoms. The number of amides is 1. The van der Waals surface area contributed by atoms with Crippen molar-refractivity contribution >= 4 is 17.7 Å². The maximum absolute atomic E-state index is 12.4. The van der Waals surface area contributed by atoms with Gasteiger partial charge in [0.1, 0.15) is 5.75 Å². The Morgan fingerprint density at radius 1 is 1.07 bits per heavy atom. The van der Waals surface area contributed by atoms with Gasteiger partial charge < -0.3 is 10.1 Å². The van der Waals surface area contributed by atoms with Crippen molar-refractivity contribution in [2.45, 2.75) is 38.9 Å². The number of benzene rings is 2. The number of carbonyl (C=O) groups excluding carboxylic acids is 1. The first-order chi connectivity index (χ1) is 14.4. The number of nitrogens with one attached hydrogen (secondary N) is 1. The van der Waals surface area contributed by atoms with Crippen molar-refractivity contribution in [2.24, 2.45) is 5.92 Å². The molecule has 1 aromatic heterocycles. The summed E-state index contributed by atoms with van der Waals surface area (Å²) in [6.07, 6.45) is 0. The Morgan fingerprint density at radius 2 is 1.73 bits per heavy atom. The summed E-state index contributed by atoms with van der Waals surface area (Å²) < 4.78 is 7.25. The van der Waals surface area contributed by atoms with Gasteiger partial charge in [0.05, 0.1) is 12.9 Å². The molecule has 0 aliphatic rings. The molecule has 0 saturated carbocycles. The molecule has 3 rings (SSSR count). The third-order valence-corrected chi connectivity index (χ3v) is 5.92. The zero-order chi connectivity index (χ0) is 21.7. The molecule has 30 heavy (non-hydrogen) atoms. The van der Waals surface area contributed by atoms with Gasteiger partial charge in [-0.1, -0.05) is 43.3 Å². The molecule has 0 spiro atoms. The van der Waals surface area contributed by atoms with E-state index < -0.39 is 0 Å². The van der Waals surface area contributed by atoms with E-state index in [0.29, 0.717) is 11.1 Å². The minimum absolute atomic E-state index is 0.00865. The number of nitrogens with zero attached hydrogens (tertiary/aromatic N) is 3. The molecule has 0 unspecified atom stereocenters. The molecule has 0 saturated heterocycles. The Kier molecular flexibility index (Phi) is 7.15. The summed E-state index contributed by atoms with van der Waals surface area (Å²) >= 11 is 1.38. The largest absolute Gasteiger partial charge is 0.497 e. The van der Waals surface area contributed by atoms with Gasteiger partial charge in [-0.25, -0.2) is 0 Å². The van der Waals surface area contributed by atoms with Crippen LogP contribution in [0.15, 0.2) is 53.7 Å². The zero-order valence-electron chi connectivity index (χ0n) is 18.0. The van der Waals surface area contributed by atoms with Gasteiger partial charge in [0, 0.05) is 17.3 Å². The Labute approximate surface area is 182 Å². The highest BCUT2D eigenvalue weighted by molar-refractivity contribution is 7.99. The molecule has 3 aromatic rings. The highest BCUT2D eigenvalue weighted by atomic mass is 32.2. The van der Waals surface area contributed by atoms with Gasteiger partial charge in [0.25, 0.3) is 0 Å². The van der Waals surface area contributed by atoms with Gasteiger partial charge in [-0.2, -0.15) is 0 Å². The molecular weight excluding hydrogens is 396 g/mol. The number of aromatic nitrogens is 3. The quantitative estimate of drug-likeness (QED) is 0.539. The molecular formula is C23H28N4O2S. The Morgan fingerprint density at radius 3 is 2.33 bits per heavy atom. The van der Waals surface area contributed by atoms with Gasteiger partial charge in [-0.05, 0) is 56.2 Å². The minimum Gasteiger partial charge on any atom is -0.497 e. The first-order valence-corrected chi connectivity index (χ1v) is 11.0. The Bertz CT molecular complexity index is 981. The fourth-order valence-corrected chi connectivity index (χ4v) is 3.57. The topological polar surface area (TPSA) is 69.0 Å². The van der Waals surface area contributed by atoms with E-state index in [1.165, 1.54) is 17.3 Å². The van der Waals surface area contributed by atoms with Crippen LogP contribution in [0.1, 0.15) is 26.3 Å². The number of hydrogen-bond acceptors (Lipinski definition) is 5. The third kappa shape index (κ3) is 5.21. The van der Waals surface area contributed by atoms with E-state index in [4.69, 9.17) is 4.74 Å². The number of carbonyl (C=O) groups is 1. The van der Waals surface area contributed by atoms with E-state index in [9.17, 15) is 4.79 Å². The maximum Gasteiger partial charge on any atom is 0.230 e. The second-order valence-electron chi connectivity index (χ2n) is 7.59. The molecule has 0 aliphatic carbocycles. The van der Waals surface area contributed by atoms with Crippen LogP contribution in [0.25, 0.3) is 17.1 Å². The third-order valence-electron chi connectivity index (χ3n) is 4.99. The van der Waals surface area contributed by atoms with Crippen LogP contribution in [0.2, 0.25) is 0 Å². The fourth-order valence-electron chi connectivity index (χ4n) is 2.81. The number of methoxy groups -OCH3 is 1. The van der Waals surface area contributed by atoms with E-state index in [0.717, 1.165) is 22.8 Å². The van der Waals surface area contributed by atoms with Crippen LogP contribution in [-0.4, -0.2) is 39.6 Å². The molecule has 1 amide bonds. The molecule has 0 aliphatic heterocycles. The molecule has 0 bridgehead atoms. The van der Waals surface area contributed by atoms with Crippen molar-refractivity contribution in [3.63, 3.8) is 0 Å². The molecule has 1 heterocycles. The van der Waals surface area contributed by atoms with Crippen LogP contribution in [0.5, 0.6) is 5.75 Å². The first-order valence-electron chi connectivity index (χ1n) is 9.98. The van der Waals surface area contributed by atoms with Crippen molar-refractivity contribution < 1.29 is 9.53 Å². The van der Waals surface area contributed by atoms with Gasteiger partial charge in [0.2, 0.25) is 5.91 Å². The SMILES string of the molecule is COc1ccc(-c2nnc(SCC(=O)N[C@H](C)C(C)C)n2-c2ccc(C)cc2)cc1. The van der Waals surface area contributed by atoms with E-state index >= 15 is 0 Å². The average Bonchev–Trinajstić information content (AvgIpc) is 3.16. The smallest absolute Gasteiger partial charge is 0.230 e. The molecule has 158 valence electrons. The molecule has 0 fully saturated rings. The second-order valence-corrected chi connectivity index (χ2v) is 8.54. The van der Waals surface area contributed by atoms with Crippen molar-refractivity contribution in [3.8, 4) is 22.8 Å². The van der Waals surface area contributed by atoms with E-state index in [-0.39, 0.29) is 17.7 Å². The second kappa shape index (κ2) is 9.80. The monoisotopic (exact) mass is 424 g/mol. The van der Waals surface area contributed by atoms with Gasteiger partial charge in [0.15, 0.2) is 11.0 Å². The summed E-state index contributed by atoms with van der Waals surface area (Å²) in [5.74, 6) is 2.16. The fraction of sp³-hybridized carbons (Fsp3) is 0.348. The lowest BCUT2D eigenvalue weighted by atomic mass is 10.1. The normalized spacial score (nSPS) is 12.1. The summed E-state index contributed by atoms with van der Waals surface area (Å²) in [7, 11) is 1.64. The van der Waals surface area contributed by atoms with E-state index in [1.54, 1.807) is 7.11 Å². The predicted octanol–water partition coefficient (Wildman–Crippen LogP) is 4.50. The van der Waals surface area contributed by atoms with E-state index in [2.05, 4.69) is 48.4 Å². The number of ether oxygens (including phenoxy) is 1. The Hall–Kier alpha value is -2.80. The predicted molar refractivity (Wildman–Crippen MR) is 121 cm³/mol. The number of rotatable bonds is 8. The summed E-state index contributed by atoms with van der Waals surface area (Å²) in [5.41, 5.74) is 3.05. The first kappa shape index (κ1) is 21.9. The summed E-state index contributed by atoms with van der Waals surface area (Å²) in [6.45, 7) is 8.25. The zero-order valence-corrected chi connectivity index (χ0v) is 18.9. The summed E-state index contributed by atoms with van der Waals surface area (Å²) in [5, 5.41) is 12.5. The summed E-state index contributed by atoms with van der Waals surface area (Å²) in [6, 6.07) is 16.0. The van der Waals surface area contributed by atoms with Crippen LogP contribution in [0, 0.1) is 12.8 Å². The van der Waals surface area contributed by atoms with Crippen molar-refractivity contribution in [1.82, 2.24) is 20.1 Å². The van der Waals surface area contributed by atoms with Crippen LogP contribution in [-0.2, 0) is 4.79 Å². The molecule has 0 radical (unpaired) electrons. The lowest BCUT2D eigenvalue weighted by Crippen LogP contribution is -2.37. The number of aryl methyl sites for hydroxylation is 1. The summed E-state index contributed by atoms with van der Waals surface area (Å²) in [4.78, 5) is 12.4. The number of thioether (sulfide) groups is 1. The van der Waals surface area contributed by atoms with Gasteiger partial charge >= 0.3 is 0 Å². The van der Waals surface area contributed by atoms with Crippen molar-refractivity contribution in [2.75, 3.05) is 12.9 Å². The standard InChI is InChI=1S/C23H28N4O2S/c1-15(2)17(4)24-21(28)14-30-23-26-25-22(18-8-12-20(29-5)13-9-18)27(23)19-10-6-16(3)7-11-19/h6-13,15,17H,14H2,1-5H3,(H,24,28)/t17-/m1/s1. The van der Waals surface area contributed by atoms with Gasteiger partial charge in [-0.3, -0.25) is 9.36 Å². The van der Waals surface area contributed by atoms with Crippen molar-refractivity contribution in [1.29, 1.82) is 0 Å². The maximum atomic E-state index is 12.4. The molecule has 6 nitrogen and oxygen atoms in total. The average molecular weight is 425 g/mol. The van der Waals surface area contributed by atoms with Gasteiger partial charge in [-0.15, -0.1) is 10.2 Å². The van der Waals surface area contributed by atoms with E-state index in [1.807, 2.05) is 47.9 Å². The lowest BCUT2D eigenvalue weighted by Gasteiger charge is -2.17. The highest BCUT2D eigenvalue weighted by Crippen LogP contribution is 2.29. The number of hydrogen-bond donors (Lipinski definition) is 1. The molecule has 2 aromatic carbocycles. The van der Waals surface area contributed by atoms with Crippen LogP contribution >= 0.6 is 11.8 Å². The Balaban J connectivity index is 1.90. The highest BCUT2D eigenvalue weighted by Gasteiger charge is 2.18. The molecule has 1 atom stereocenters.